The molecule has 1 unspecified atom stereocenters. The number of aromatic nitrogens is 1. The SMILES string of the molecule is Oc1ccc(Br)cc1-c1cc(-c2ccc(OC(F)F)cc2)cc(N2CCC(O)C2)n1. The van der Waals surface area contributed by atoms with Gasteiger partial charge in [-0.15, -0.1) is 0 Å². The van der Waals surface area contributed by atoms with Crippen molar-refractivity contribution in [3.05, 3.63) is 59.1 Å². The molecule has 1 atom stereocenters. The molecule has 1 aliphatic heterocycles. The summed E-state index contributed by atoms with van der Waals surface area (Å²) in [5.74, 6) is 0.845. The fourth-order valence-corrected chi connectivity index (χ4v) is 3.84. The summed E-state index contributed by atoms with van der Waals surface area (Å²) in [7, 11) is 0. The molecule has 4 rings (SSSR count). The number of hydrogen-bond acceptors (Lipinski definition) is 5. The van der Waals surface area contributed by atoms with Gasteiger partial charge in [-0.1, -0.05) is 28.1 Å². The summed E-state index contributed by atoms with van der Waals surface area (Å²) < 4.78 is 30.1. The minimum Gasteiger partial charge on any atom is -0.507 e. The minimum atomic E-state index is -2.88. The van der Waals surface area contributed by atoms with Gasteiger partial charge in [0, 0.05) is 23.1 Å². The van der Waals surface area contributed by atoms with Gasteiger partial charge in [-0.25, -0.2) is 4.98 Å². The van der Waals surface area contributed by atoms with Crippen molar-refractivity contribution in [3.63, 3.8) is 0 Å². The van der Waals surface area contributed by atoms with Gasteiger partial charge in [0.15, 0.2) is 0 Å². The number of halogens is 3. The van der Waals surface area contributed by atoms with E-state index < -0.39 is 12.7 Å². The summed E-state index contributed by atoms with van der Waals surface area (Å²) in [6, 6.07) is 15.2. The number of β-amino-alcohol motifs (C(OH)–C–C–N with tert-alkyl or cyclic N) is 1. The molecule has 0 amide bonds. The molecule has 2 heterocycles. The van der Waals surface area contributed by atoms with Crippen LogP contribution in [0.1, 0.15) is 6.42 Å². The third kappa shape index (κ3) is 4.55. The number of anilines is 1. The van der Waals surface area contributed by atoms with Crippen LogP contribution in [0.15, 0.2) is 59.1 Å². The van der Waals surface area contributed by atoms with Gasteiger partial charge in [-0.2, -0.15) is 8.78 Å². The van der Waals surface area contributed by atoms with Crippen LogP contribution in [0.5, 0.6) is 11.5 Å². The van der Waals surface area contributed by atoms with Crippen molar-refractivity contribution in [2.45, 2.75) is 19.1 Å². The number of alkyl halides is 2. The highest BCUT2D eigenvalue weighted by molar-refractivity contribution is 9.10. The molecule has 1 aliphatic rings. The second-order valence-electron chi connectivity index (χ2n) is 7.05. The molecule has 0 radical (unpaired) electrons. The Kier molecular flexibility index (Phi) is 5.87. The lowest BCUT2D eigenvalue weighted by Crippen LogP contribution is -2.22. The van der Waals surface area contributed by atoms with E-state index in [1.807, 2.05) is 17.0 Å². The fourth-order valence-electron chi connectivity index (χ4n) is 3.47. The van der Waals surface area contributed by atoms with E-state index >= 15 is 0 Å². The van der Waals surface area contributed by atoms with E-state index in [9.17, 15) is 19.0 Å². The van der Waals surface area contributed by atoms with Crippen LogP contribution in [-0.4, -0.2) is 41.0 Å². The van der Waals surface area contributed by atoms with Gasteiger partial charge >= 0.3 is 6.61 Å². The van der Waals surface area contributed by atoms with Gasteiger partial charge in [0.05, 0.1) is 11.8 Å². The van der Waals surface area contributed by atoms with Crippen LogP contribution in [0.3, 0.4) is 0 Å². The summed E-state index contributed by atoms with van der Waals surface area (Å²) in [5, 5.41) is 20.3. The number of pyridine rings is 1. The summed E-state index contributed by atoms with van der Waals surface area (Å²) in [4.78, 5) is 6.70. The Morgan fingerprint density at radius 2 is 1.83 bits per heavy atom. The van der Waals surface area contributed by atoms with Gasteiger partial charge in [-0.3, -0.25) is 0 Å². The monoisotopic (exact) mass is 476 g/mol. The lowest BCUT2D eigenvalue weighted by Gasteiger charge is -2.19. The Balaban J connectivity index is 1.78. The molecule has 156 valence electrons. The van der Waals surface area contributed by atoms with Crippen molar-refractivity contribution in [2.24, 2.45) is 0 Å². The predicted molar refractivity (Wildman–Crippen MR) is 114 cm³/mol. The zero-order valence-electron chi connectivity index (χ0n) is 15.8. The number of rotatable bonds is 5. The van der Waals surface area contributed by atoms with E-state index in [4.69, 9.17) is 4.98 Å². The van der Waals surface area contributed by atoms with Gasteiger partial charge in [-0.05, 0) is 60.0 Å². The fraction of sp³-hybridized carbons (Fsp3) is 0.227. The third-order valence-electron chi connectivity index (χ3n) is 4.95. The maximum atomic E-state index is 12.4. The summed E-state index contributed by atoms with van der Waals surface area (Å²) in [5.41, 5.74) is 2.72. The van der Waals surface area contributed by atoms with Crippen molar-refractivity contribution in [1.82, 2.24) is 4.98 Å². The van der Waals surface area contributed by atoms with Crippen LogP contribution in [0.2, 0.25) is 0 Å². The average Bonchev–Trinajstić information content (AvgIpc) is 3.16. The maximum Gasteiger partial charge on any atom is 0.387 e. The predicted octanol–water partition coefficient (Wildman–Crippen LogP) is 5.06. The second-order valence-corrected chi connectivity index (χ2v) is 7.97. The topological polar surface area (TPSA) is 65.8 Å². The van der Waals surface area contributed by atoms with Crippen molar-refractivity contribution in [1.29, 1.82) is 0 Å². The van der Waals surface area contributed by atoms with Gasteiger partial charge in [0.2, 0.25) is 0 Å². The van der Waals surface area contributed by atoms with E-state index in [0.717, 1.165) is 15.6 Å². The zero-order valence-corrected chi connectivity index (χ0v) is 17.4. The highest BCUT2D eigenvalue weighted by atomic mass is 79.9. The molecule has 30 heavy (non-hydrogen) atoms. The highest BCUT2D eigenvalue weighted by Crippen LogP contribution is 2.36. The molecule has 0 aliphatic carbocycles. The summed E-state index contributed by atoms with van der Waals surface area (Å²) >= 11 is 3.42. The summed E-state index contributed by atoms with van der Waals surface area (Å²) in [6.07, 6.45) is 0.243. The number of benzene rings is 2. The van der Waals surface area contributed by atoms with Crippen molar-refractivity contribution < 1.29 is 23.7 Å². The lowest BCUT2D eigenvalue weighted by molar-refractivity contribution is -0.0498. The standard InChI is InChI=1S/C22H19BrF2N2O3/c23-15-3-6-20(29)18(11-15)19-9-14(10-21(26-19)27-8-7-16(28)12-27)13-1-4-17(5-2-13)30-22(24)25/h1-6,9-11,16,22,28-29H,7-8,12H2. The molecule has 2 aromatic carbocycles. The largest absolute Gasteiger partial charge is 0.507 e. The maximum absolute atomic E-state index is 12.4. The highest BCUT2D eigenvalue weighted by Gasteiger charge is 2.23. The molecule has 1 fully saturated rings. The van der Waals surface area contributed by atoms with Crippen LogP contribution in [0, 0.1) is 0 Å². The first-order valence-corrected chi connectivity index (χ1v) is 10.2. The van der Waals surface area contributed by atoms with E-state index in [1.54, 1.807) is 30.3 Å². The van der Waals surface area contributed by atoms with Crippen molar-refractivity contribution in [3.8, 4) is 33.9 Å². The van der Waals surface area contributed by atoms with E-state index in [0.29, 0.717) is 36.6 Å². The molecule has 0 saturated carbocycles. The minimum absolute atomic E-state index is 0.0792. The average molecular weight is 477 g/mol. The molecular formula is C22H19BrF2N2O3. The molecule has 0 bridgehead atoms. The quantitative estimate of drug-likeness (QED) is 0.538. The number of aliphatic hydroxyl groups is 1. The van der Waals surface area contributed by atoms with E-state index in [1.165, 1.54) is 12.1 Å². The number of aliphatic hydroxyl groups excluding tert-OH is 1. The Labute approximate surface area is 180 Å². The number of phenolic OH excluding ortho intramolecular Hbond substituents is 1. The van der Waals surface area contributed by atoms with Crippen molar-refractivity contribution >= 4 is 21.7 Å². The Hall–Kier alpha value is -2.71. The molecule has 8 heteroatoms. The second kappa shape index (κ2) is 8.57. The number of ether oxygens (including phenoxy) is 1. The van der Waals surface area contributed by atoms with Crippen LogP contribution < -0.4 is 9.64 Å². The van der Waals surface area contributed by atoms with Crippen LogP contribution in [0.4, 0.5) is 14.6 Å². The first kappa shape index (κ1) is 20.6. The number of hydrogen-bond donors (Lipinski definition) is 2. The van der Waals surface area contributed by atoms with E-state index in [-0.39, 0.29) is 11.5 Å². The summed E-state index contributed by atoms with van der Waals surface area (Å²) in [6.45, 7) is -1.74. The van der Waals surface area contributed by atoms with Gasteiger partial charge in [0.1, 0.15) is 17.3 Å². The molecule has 2 N–H and O–H groups in total. The number of aromatic hydroxyl groups is 1. The number of phenols is 1. The van der Waals surface area contributed by atoms with Crippen molar-refractivity contribution in [2.75, 3.05) is 18.0 Å². The normalized spacial score (nSPS) is 16.3. The molecule has 0 spiro atoms. The molecular weight excluding hydrogens is 458 g/mol. The Morgan fingerprint density at radius 1 is 1.07 bits per heavy atom. The van der Waals surface area contributed by atoms with Crippen LogP contribution >= 0.6 is 15.9 Å². The van der Waals surface area contributed by atoms with Crippen LogP contribution in [0.25, 0.3) is 22.4 Å². The zero-order chi connectivity index (χ0) is 21.3. The van der Waals surface area contributed by atoms with Gasteiger partial charge < -0.3 is 19.8 Å². The third-order valence-corrected chi connectivity index (χ3v) is 5.44. The first-order chi connectivity index (χ1) is 14.4. The molecule has 1 saturated heterocycles. The Bertz CT molecular complexity index is 1050. The molecule has 1 aromatic heterocycles. The first-order valence-electron chi connectivity index (χ1n) is 9.38. The van der Waals surface area contributed by atoms with Crippen LogP contribution in [-0.2, 0) is 0 Å². The molecule has 3 aromatic rings. The molecule has 5 nitrogen and oxygen atoms in total. The number of nitrogens with zero attached hydrogens (tertiary/aromatic N) is 2. The lowest BCUT2D eigenvalue weighted by atomic mass is 10.0. The van der Waals surface area contributed by atoms with Gasteiger partial charge in [0.25, 0.3) is 0 Å². The smallest absolute Gasteiger partial charge is 0.387 e. The van der Waals surface area contributed by atoms with E-state index in [2.05, 4.69) is 20.7 Å². The Morgan fingerprint density at radius 3 is 2.50 bits per heavy atom.